The zero-order valence-electron chi connectivity index (χ0n) is 53.5. The fourth-order valence-electron chi connectivity index (χ4n) is 11.8. The molecule has 0 radical (unpaired) electrons. The molecular weight excluding hydrogens is 1130 g/mol. The Labute approximate surface area is 522 Å². The van der Waals surface area contributed by atoms with Gasteiger partial charge in [0.15, 0.2) is 0 Å². The van der Waals surface area contributed by atoms with Gasteiger partial charge in [-0.15, -0.1) is 0 Å². The van der Waals surface area contributed by atoms with E-state index in [2.05, 4.69) is 48.6 Å². The van der Waals surface area contributed by atoms with Gasteiger partial charge in [0.1, 0.15) is 17.5 Å². The molecule has 0 unspecified atom stereocenters. The van der Waals surface area contributed by atoms with Crippen LogP contribution in [0.4, 0.5) is 21.5 Å². The van der Waals surface area contributed by atoms with Crippen molar-refractivity contribution in [2.45, 2.75) is 150 Å². The number of nitrogens with zero attached hydrogens (tertiary/aromatic N) is 7. The molecule has 2 aliphatic carbocycles. The van der Waals surface area contributed by atoms with E-state index >= 15 is 0 Å². The number of esters is 2. The lowest BCUT2D eigenvalue weighted by molar-refractivity contribution is -0.150. The molecule has 2 aliphatic heterocycles. The number of ether oxygens (including phenoxy) is 4. The quantitative estimate of drug-likeness (QED) is 0.0554. The number of anilines is 2. The number of hydrogen-bond donors (Lipinski definition) is 3. The van der Waals surface area contributed by atoms with Crippen LogP contribution in [0.1, 0.15) is 167 Å². The maximum atomic E-state index is 13.3. The molecular formula is C68H90N10O11. The summed E-state index contributed by atoms with van der Waals surface area (Å²) in [5.41, 5.74) is 7.21. The van der Waals surface area contributed by atoms with Gasteiger partial charge in [-0.3, -0.25) is 39.5 Å². The van der Waals surface area contributed by atoms with E-state index in [9.17, 15) is 33.6 Å². The molecule has 2 aromatic heterocycles. The molecule has 4 fully saturated rings. The Hall–Kier alpha value is -8.17. The lowest BCUT2D eigenvalue weighted by Gasteiger charge is -2.35. The van der Waals surface area contributed by atoms with E-state index in [1.54, 1.807) is 34.1 Å². The van der Waals surface area contributed by atoms with Crippen molar-refractivity contribution in [3.05, 3.63) is 118 Å². The Morgan fingerprint density at radius 2 is 1.00 bits per heavy atom. The fourth-order valence-corrected chi connectivity index (χ4v) is 11.8. The number of aromatic nitrogens is 4. The summed E-state index contributed by atoms with van der Waals surface area (Å²) < 4.78 is 25.4. The van der Waals surface area contributed by atoms with Crippen molar-refractivity contribution in [2.24, 2.45) is 11.8 Å². The van der Waals surface area contributed by atoms with Crippen LogP contribution in [0, 0.1) is 25.7 Å². The molecule has 4 heterocycles. The van der Waals surface area contributed by atoms with E-state index in [1.807, 2.05) is 116 Å². The highest BCUT2D eigenvalue weighted by Gasteiger charge is 2.33. The zero-order valence-corrected chi connectivity index (χ0v) is 53.5. The van der Waals surface area contributed by atoms with Crippen molar-refractivity contribution in [1.82, 2.24) is 39.1 Å². The number of carbonyl (C=O) groups is 7. The van der Waals surface area contributed by atoms with Crippen LogP contribution in [0.2, 0.25) is 0 Å². The van der Waals surface area contributed by atoms with Gasteiger partial charge in [-0.25, -0.2) is 19.6 Å². The smallest absolute Gasteiger partial charge is 0.410 e. The van der Waals surface area contributed by atoms with Gasteiger partial charge in [-0.2, -0.15) is 0 Å². The molecule has 4 amide bonds. The number of nitrogens with one attached hydrogen (secondary N) is 3. The molecule has 21 nitrogen and oxygen atoms in total. The summed E-state index contributed by atoms with van der Waals surface area (Å²) in [4.78, 5) is 101. The first kappa shape index (κ1) is 66.8. The summed E-state index contributed by atoms with van der Waals surface area (Å²) in [6.07, 6.45) is 6.39. The Morgan fingerprint density at radius 1 is 0.562 bits per heavy atom. The number of aldehydes is 1. The third-order valence-electron chi connectivity index (χ3n) is 16.2. The van der Waals surface area contributed by atoms with Crippen LogP contribution < -0.4 is 16.0 Å². The van der Waals surface area contributed by atoms with Crippen LogP contribution in [0.5, 0.6) is 0 Å². The second-order valence-corrected chi connectivity index (χ2v) is 25.4. The fraction of sp³-hybridized carbons (Fsp3) is 0.515. The monoisotopic (exact) mass is 1220 g/mol. The minimum Gasteiger partial charge on any atom is -0.466 e. The highest BCUT2D eigenvalue weighted by atomic mass is 16.6. The Bertz CT molecular complexity index is 3440. The normalized spacial score (nSPS) is 18.9. The molecule has 21 heteroatoms. The number of benzene rings is 4. The Morgan fingerprint density at radius 3 is 1.43 bits per heavy atom. The second-order valence-electron chi connectivity index (χ2n) is 25.4. The van der Waals surface area contributed by atoms with Gasteiger partial charge in [0.05, 0.1) is 47.1 Å². The van der Waals surface area contributed by atoms with Gasteiger partial charge in [-0.1, -0.05) is 41.5 Å². The molecule has 89 heavy (non-hydrogen) atoms. The maximum absolute atomic E-state index is 13.3. The van der Waals surface area contributed by atoms with Crippen LogP contribution in [-0.2, 0) is 35.1 Å². The van der Waals surface area contributed by atoms with Crippen LogP contribution in [0.3, 0.4) is 0 Å². The number of amides is 4. The number of fused-ring (bicyclic) bond motifs is 2. The van der Waals surface area contributed by atoms with Crippen molar-refractivity contribution in [2.75, 3.05) is 76.2 Å². The van der Waals surface area contributed by atoms with E-state index in [0.29, 0.717) is 60.4 Å². The predicted molar refractivity (Wildman–Crippen MR) is 342 cm³/mol. The van der Waals surface area contributed by atoms with E-state index in [-0.39, 0.29) is 65.5 Å². The van der Waals surface area contributed by atoms with E-state index in [4.69, 9.17) is 23.9 Å². The average molecular weight is 1220 g/mol. The molecule has 2 saturated heterocycles. The SMILES string of the molecule is CC(C)(C)OC(=O)N1CCNCC1.CCOC(=O)C1CCC(n2c(NC(=O)c3cccc(C)c3)nc3cc(C=O)ccc32)CC1.CCOC(=O)C1CCC(n2c(NC(=O)c3cccc(C)c3)nc3cc(CN4CCN(C(=O)OC(C)(C)C)CC4)ccc32)CC1. The summed E-state index contributed by atoms with van der Waals surface area (Å²) in [5, 5.41) is 9.24. The first-order valence-electron chi connectivity index (χ1n) is 31.5. The molecule has 4 aliphatic rings. The predicted octanol–water partition coefficient (Wildman–Crippen LogP) is 11.5. The zero-order chi connectivity index (χ0) is 64.0. The molecule has 0 atom stereocenters. The first-order valence-corrected chi connectivity index (χ1v) is 31.5. The molecule has 0 spiro atoms. The van der Waals surface area contributed by atoms with Crippen molar-refractivity contribution < 1.29 is 52.5 Å². The molecule has 10 rings (SSSR count). The van der Waals surface area contributed by atoms with Crippen LogP contribution in [0.15, 0.2) is 84.9 Å². The summed E-state index contributed by atoms with van der Waals surface area (Å²) >= 11 is 0. The molecule has 0 bridgehead atoms. The van der Waals surface area contributed by atoms with Crippen molar-refractivity contribution in [3.63, 3.8) is 0 Å². The lowest BCUT2D eigenvalue weighted by atomic mass is 9.86. The van der Waals surface area contributed by atoms with Gasteiger partial charge < -0.3 is 43.2 Å². The van der Waals surface area contributed by atoms with E-state index < -0.39 is 5.60 Å². The lowest BCUT2D eigenvalue weighted by Crippen LogP contribution is -2.49. The standard InChI is InChI=1S/C34H45N5O5.C25H27N3O4.C9H18N2O2/c1-6-43-31(41)25-11-13-27(14-12-25)39-29-15-10-24(22-37-16-18-38(19-17-37)33(42)44-34(3,4)5)21-28(29)35-32(39)36-30(40)26-9-7-8-23(2)20-26;1-3-32-24(31)18-8-10-20(11-9-18)28-22-12-7-17(15-29)14-21(22)26-25(28)27-23(30)19-6-4-5-16(2)13-19;1-9(2,3)13-8(12)11-6-4-10-5-7-11/h7-10,15,20-21,25,27H,6,11-14,16-19,22H2,1-5H3,(H,35,36,40);4-7,12-15,18,20H,3,8-11H2,1-2H3,(H,26,27,30);10H,4-7H2,1-3H3. The third kappa shape index (κ3) is 18.5. The van der Waals surface area contributed by atoms with E-state index in [1.165, 1.54) is 0 Å². The van der Waals surface area contributed by atoms with Crippen molar-refractivity contribution in [1.29, 1.82) is 0 Å². The Kier molecular flexibility index (Phi) is 22.8. The van der Waals surface area contributed by atoms with Gasteiger partial charge in [0.25, 0.3) is 11.8 Å². The number of carbonyl (C=O) groups excluding carboxylic acids is 7. The highest BCUT2D eigenvalue weighted by Crippen LogP contribution is 2.39. The average Bonchev–Trinajstić information content (AvgIpc) is 1.90. The van der Waals surface area contributed by atoms with Crippen LogP contribution in [-0.4, -0.2) is 153 Å². The summed E-state index contributed by atoms with van der Waals surface area (Å²) in [6.45, 7) is 26.3. The molecule has 2 saturated carbocycles. The molecule has 478 valence electrons. The molecule has 3 N–H and O–H groups in total. The maximum Gasteiger partial charge on any atom is 0.410 e. The van der Waals surface area contributed by atoms with Gasteiger partial charge >= 0.3 is 24.1 Å². The number of piperazine rings is 2. The number of rotatable bonds is 13. The molecule has 6 aromatic rings. The third-order valence-corrected chi connectivity index (χ3v) is 16.2. The first-order chi connectivity index (χ1) is 42.5. The number of hydrogen-bond acceptors (Lipinski definition) is 15. The Balaban J connectivity index is 0.000000198. The topological polar surface area (TPSA) is 238 Å². The van der Waals surface area contributed by atoms with Crippen LogP contribution in [0.25, 0.3) is 22.1 Å². The van der Waals surface area contributed by atoms with Crippen molar-refractivity contribution in [3.8, 4) is 0 Å². The summed E-state index contributed by atoms with van der Waals surface area (Å²) in [6, 6.07) is 26.7. The second kappa shape index (κ2) is 30.4. The van der Waals surface area contributed by atoms with Gasteiger partial charge in [-0.05, 0) is 181 Å². The largest absolute Gasteiger partial charge is 0.466 e. The van der Waals surface area contributed by atoms with Crippen LogP contribution >= 0.6 is 0 Å². The number of aryl methyl sites for hydroxylation is 2. The minimum atomic E-state index is -0.508. The minimum absolute atomic E-state index is 0.0839. The molecule has 4 aromatic carbocycles. The van der Waals surface area contributed by atoms with Gasteiger partial charge in [0.2, 0.25) is 11.9 Å². The van der Waals surface area contributed by atoms with Crippen molar-refractivity contribution >= 4 is 76.2 Å². The summed E-state index contributed by atoms with van der Waals surface area (Å²) in [7, 11) is 0. The summed E-state index contributed by atoms with van der Waals surface area (Å²) in [5.74, 6) is 0.107. The van der Waals surface area contributed by atoms with E-state index in [0.717, 1.165) is 137 Å². The number of imidazole rings is 2. The highest BCUT2D eigenvalue weighted by molar-refractivity contribution is 6.05. The van der Waals surface area contributed by atoms with Gasteiger partial charge in [0, 0.05) is 87.7 Å².